The first-order valence-corrected chi connectivity index (χ1v) is 18.1. The van der Waals surface area contributed by atoms with E-state index in [-0.39, 0.29) is 55.2 Å². The van der Waals surface area contributed by atoms with Crippen LogP contribution in [0.3, 0.4) is 0 Å². The Balaban J connectivity index is 1.51. The Labute approximate surface area is 309 Å². The Hall–Kier alpha value is -1.94. The highest BCUT2D eigenvalue weighted by Crippen LogP contribution is 2.43. The van der Waals surface area contributed by atoms with Gasteiger partial charge in [0.25, 0.3) is 0 Å². The molecule has 2 aromatic rings. The highest BCUT2D eigenvalue weighted by atomic mass is 35.5. The number of rotatable bonds is 10. The number of carbonyl (C=O) groups excluding carboxylic acids is 4. The second-order valence-electron chi connectivity index (χ2n) is 12.7. The average Bonchev–Trinajstić information content (AvgIpc) is 3.60. The first-order valence-electron chi connectivity index (χ1n) is 15.8. The molecule has 0 amide bonds. The van der Waals surface area contributed by atoms with Gasteiger partial charge in [0, 0.05) is 0 Å². The number of hydrogen-bond acceptors (Lipinski definition) is 8. The largest absolute Gasteiger partial charge is 0.462 e. The van der Waals surface area contributed by atoms with Crippen molar-refractivity contribution in [2.45, 2.75) is 66.2 Å². The van der Waals surface area contributed by atoms with Crippen LogP contribution in [-0.4, -0.2) is 37.1 Å². The van der Waals surface area contributed by atoms with Crippen LogP contribution < -0.4 is 9.47 Å². The molecule has 2 aliphatic carbocycles. The van der Waals surface area contributed by atoms with Crippen LogP contribution in [0.5, 0.6) is 11.5 Å². The Bertz CT molecular complexity index is 1460. The van der Waals surface area contributed by atoms with Crippen molar-refractivity contribution < 1.29 is 38.1 Å². The lowest BCUT2D eigenvalue weighted by molar-refractivity contribution is -0.156. The van der Waals surface area contributed by atoms with Crippen molar-refractivity contribution in [1.82, 2.24) is 0 Å². The molecule has 6 atom stereocenters. The number of halogens is 6. The molecule has 262 valence electrons. The second kappa shape index (κ2) is 16.8. The van der Waals surface area contributed by atoms with Gasteiger partial charge in [0.2, 0.25) is 0 Å². The quantitative estimate of drug-likeness (QED) is 0.101. The van der Waals surface area contributed by atoms with Crippen LogP contribution in [0.4, 0.5) is 0 Å². The van der Waals surface area contributed by atoms with Gasteiger partial charge in [-0.1, -0.05) is 110 Å². The van der Waals surface area contributed by atoms with Crippen molar-refractivity contribution >= 4 is 93.5 Å². The topological polar surface area (TPSA) is 105 Å². The summed E-state index contributed by atoms with van der Waals surface area (Å²) in [6.07, 6.45) is 5.60. The van der Waals surface area contributed by atoms with Crippen molar-refractivity contribution in [2.75, 3.05) is 13.2 Å². The summed E-state index contributed by atoms with van der Waals surface area (Å²) in [4.78, 5) is 52.6. The molecule has 2 saturated carbocycles. The molecule has 0 N–H and O–H groups in total. The van der Waals surface area contributed by atoms with Gasteiger partial charge in [0.1, 0.15) is 11.1 Å². The summed E-state index contributed by atoms with van der Waals surface area (Å²) in [5, 5.41) is -1.43. The van der Waals surface area contributed by atoms with Crippen LogP contribution >= 0.6 is 69.6 Å². The van der Waals surface area contributed by atoms with Gasteiger partial charge in [-0.2, -0.15) is 0 Å². The molecule has 8 nitrogen and oxygen atoms in total. The molecule has 0 saturated heterocycles. The van der Waals surface area contributed by atoms with Gasteiger partial charge in [0.05, 0.1) is 43.3 Å². The van der Waals surface area contributed by atoms with Crippen LogP contribution in [-0.2, 0) is 19.1 Å². The zero-order valence-electron chi connectivity index (χ0n) is 26.8. The fourth-order valence-electron chi connectivity index (χ4n) is 6.88. The van der Waals surface area contributed by atoms with Gasteiger partial charge in [-0.05, 0) is 73.3 Å². The first kappa shape index (κ1) is 38.9. The number of hydrogen-bond donors (Lipinski definition) is 0. The molecule has 0 aromatic heterocycles. The molecule has 0 aliphatic heterocycles. The van der Waals surface area contributed by atoms with Gasteiger partial charge in [-0.3, -0.25) is 0 Å². The normalized spacial score (nSPS) is 23.5. The monoisotopic (exact) mass is 782 g/mol. The first-order chi connectivity index (χ1) is 22.7. The second-order valence-corrected chi connectivity index (χ2v) is 15.0. The minimum Gasteiger partial charge on any atom is -0.462 e. The molecule has 2 fully saturated rings. The van der Waals surface area contributed by atoms with Gasteiger partial charge in [0.15, 0.2) is 11.5 Å². The van der Waals surface area contributed by atoms with Gasteiger partial charge in [-0.15, -0.1) is 0 Å². The van der Waals surface area contributed by atoms with Gasteiger partial charge >= 0.3 is 23.9 Å². The summed E-state index contributed by atoms with van der Waals surface area (Å²) in [6.45, 7) is 8.77. The van der Waals surface area contributed by atoms with E-state index >= 15 is 0 Å². The van der Waals surface area contributed by atoms with Gasteiger partial charge < -0.3 is 18.9 Å². The number of benzene rings is 2. The molecule has 0 heterocycles. The maximum atomic E-state index is 13.2. The summed E-state index contributed by atoms with van der Waals surface area (Å²) in [7, 11) is 0. The maximum absolute atomic E-state index is 13.2. The summed E-state index contributed by atoms with van der Waals surface area (Å²) < 4.78 is 21.5. The molecule has 2 aliphatic rings. The Morgan fingerprint density at radius 1 is 0.604 bits per heavy atom. The standard InChI is InChI=1S/C34H36Cl6O8/c1-5-19-9-17(7-15(19)3)13-45-31(41)25-27(39)21(35)11-23(37)29(25)47-33(43)34(44)48-30-24(38)12-22(36)28(40)26(30)32(42)46-14-18-8-16(4)20(6-2)10-18/h11-12,15-20H,5-10,13-14H2,1-4H3. The maximum Gasteiger partial charge on any atom is 0.423 e. The van der Waals surface area contributed by atoms with Crippen molar-refractivity contribution in [3.8, 4) is 11.5 Å². The van der Waals surface area contributed by atoms with Crippen LogP contribution in [0.15, 0.2) is 12.1 Å². The average molecular weight is 785 g/mol. The lowest BCUT2D eigenvalue weighted by Gasteiger charge is -2.17. The third-order valence-corrected chi connectivity index (χ3v) is 11.6. The van der Waals surface area contributed by atoms with Crippen molar-refractivity contribution in [2.24, 2.45) is 35.5 Å². The zero-order chi connectivity index (χ0) is 35.4. The summed E-state index contributed by atoms with van der Waals surface area (Å²) in [5.41, 5.74) is -0.895. The Morgan fingerprint density at radius 3 is 1.27 bits per heavy atom. The van der Waals surface area contributed by atoms with E-state index in [0.717, 1.165) is 50.7 Å². The van der Waals surface area contributed by atoms with Gasteiger partial charge in [-0.25, -0.2) is 19.2 Å². The van der Waals surface area contributed by atoms with E-state index in [1.807, 2.05) is 0 Å². The number of carbonyl (C=O) groups is 4. The van der Waals surface area contributed by atoms with Crippen LogP contribution in [0.1, 0.15) is 86.9 Å². The van der Waals surface area contributed by atoms with Crippen LogP contribution in [0, 0.1) is 35.5 Å². The molecule has 48 heavy (non-hydrogen) atoms. The highest BCUT2D eigenvalue weighted by Gasteiger charge is 2.35. The third kappa shape index (κ3) is 8.85. The summed E-state index contributed by atoms with van der Waals surface area (Å²) >= 11 is 37.6. The SMILES string of the molecule is CCC1CC(COC(=O)c2c(Cl)c(Cl)cc(Cl)c2OC(=O)C(=O)Oc2c(Cl)cc(Cl)c(Cl)c2C(=O)OCC2CC(C)C(CC)C2)CC1C. The lowest BCUT2D eigenvalue weighted by Crippen LogP contribution is -2.27. The molecule has 0 bridgehead atoms. The fourth-order valence-corrected chi connectivity index (χ4v) is 8.32. The molecule has 0 spiro atoms. The van der Waals surface area contributed by atoms with Crippen LogP contribution in [0.25, 0.3) is 0 Å². The Morgan fingerprint density at radius 2 is 0.958 bits per heavy atom. The van der Waals surface area contributed by atoms with Crippen molar-refractivity contribution in [3.63, 3.8) is 0 Å². The Kier molecular flexibility index (Phi) is 13.6. The number of ether oxygens (including phenoxy) is 4. The minimum absolute atomic E-state index is 0.100. The van der Waals surface area contributed by atoms with E-state index in [0.29, 0.717) is 23.7 Å². The fraction of sp³-hybridized carbons (Fsp3) is 0.529. The summed E-state index contributed by atoms with van der Waals surface area (Å²) in [6, 6.07) is 2.27. The molecular weight excluding hydrogens is 749 g/mol. The smallest absolute Gasteiger partial charge is 0.423 e. The molecule has 4 rings (SSSR count). The molecule has 0 radical (unpaired) electrons. The van der Waals surface area contributed by atoms with E-state index in [4.69, 9.17) is 88.6 Å². The molecule has 14 heteroatoms. The van der Waals surface area contributed by atoms with E-state index in [2.05, 4.69) is 27.7 Å². The van der Waals surface area contributed by atoms with Crippen molar-refractivity contribution in [3.05, 3.63) is 53.4 Å². The third-order valence-electron chi connectivity index (χ3n) is 9.46. The highest BCUT2D eigenvalue weighted by molar-refractivity contribution is 6.47. The predicted octanol–water partition coefficient (Wildman–Crippen LogP) is 10.6. The van der Waals surface area contributed by atoms with E-state index in [1.165, 1.54) is 0 Å². The van der Waals surface area contributed by atoms with Crippen LogP contribution in [0.2, 0.25) is 30.1 Å². The van der Waals surface area contributed by atoms with E-state index in [1.54, 1.807) is 0 Å². The molecule has 2 aromatic carbocycles. The molecular formula is C34H36Cl6O8. The van der Waals surface area contributed by atoms with E-state index in [9.17, 15) is 19.2 Å². The van der Waals surface area contributed by atoms with Crippen molar-refractivity contribution in [1.29, 1.82) is 0 Å². The molecule has 6 unspecified atom stereocenters. The number of esters is 4. The zero-order valence-corrected chi connectivity index (χ0v) is 31.3. The lowest BCUT2D eigenvalue weighted by atomic mass is 9.96. The predicted molar refractivity (Wildman–Crippen MR) is 186 cm³/mol. The summed E-state index contributed by atoms with van der Waals surface area (Å²) in [5.74, 6) is -4.01. The minimum atomic E-state index is -1.63. The van der Waals surface area contributed by atoms with E-state index < -0.39 is 46.5 Å².